The van der Waals surface area contributed by atoms with Gasteiger partial charge in [-0.1, -0.05) is 23.7 Å². The zero-order chi connectivity index (χ0) is 16.4. The zero-order valence-corrected chi connectivity index (χ0v) is 14.0. The third-order valence-corrected chi connectivity index (χ3v) is 3.92. The first-order valence-electron chi connectivity index (χ1n) is 6.75. The number of hydrogen-bond donors (Lipinski definition) is 0. The van der Waals surface area contributed by atoms with Crippen molar-refractivity contribution in [2.24, 2.45) is 0 Å². The SMILES string of the molecule is COc1ccc(-c2coc(Cl)n2)cc1OC.Clc1cc2ccc1=2. The van der Waals surface area contributed by atoms with Crippen LogP contribution in [0.25, 0.3) is 11.3 Å². The van der Waals surface area contributed by atoms with Crippen LogP contribution in [0.15, 0.2) is 47.1 Å². The molecule has 2 aromatic rings. The van der Waals surface area contributed by atoms with Crippen molar-refractivity contribution in [3.8, 4) is 22.8 Å². The first kappa shape index (κ1) is 15.7. The van der Waals surface area contributed by atoms with Crippen molar-refractivity contribution in [3.63, 3.8) is 0 Å². The van der Waals surface area contributed by atoms with Crippen molar-refractivity contribution in [2.45, 2.75) is 0 Å². The number of oxazole rings is 1. The van der Waals surface area contributed by atoms with Gasteiger partial charge in [0.15, 0.2) is 11.5 Å². The number of rotatable bonds is 3. The van der Waals surface area contributed by atoms with Gasteiger partial charge in [-0.2, -0.15) is 4.98 Å². The molecular formula is C17H13Cl2NO3. The summed E-state index contributed by atoms with van der Waals surface area (Å²) in [5.74, 6) is 1.31. The van der Waals surface area contributed by atoms with Gasteiger partial charge in [-0.15, -0.1) is 0 Å². The Morgan fingerprint density at radius 1 is 0.957 bits per heavy atom. The predicted octanol–water partition coefficient (Wildman–Crippen LogP) is 4.95. The maximum Gasteiger partial charge on any atom is 0.292 e. The van der Waals surface area contributed by atoms with E-state index in [-0.39, 0.29) is 5.35 Å². The topological polar surface area (TPSA) is 44.5 Å². The summed E-state index contributed by atoms with van der Waals surface area (Å²) >= 11 is 11.2. The maximum absolute atomic E-state index is 5.61. The molecule has 0 fully saturated rings. The lowest BCUT2D eigenvalue weighted by Crippen LogP contribution is -1.90. The molecule has 0 unspecified atom stereocenters. The molecule has 2 aliphatic rings. The molecule has 118 valence electrons. The fourth-order valence-corrected chi connectivity index (χ4v) is 2.55. The van der Waals surface area contributed by atoms with E-state index in [1.54, 1.807) is 20.3 Å². The molecule has 4 nitrogen and oxygen atoms in total. The van der Waals surface area contributed by atoms with E-state index in [4.69, 9.17) is 37.1 Å². The molecule has 23 heavy (non-hydrogen) atoms. The highest BCUT2D eigenvalue weighted by molar-refractivity contribution is 6.31. The number of methoxy groups -OCH3 is 2. The second kappa shape index (κ2) is 6.52. The summed E-state index contributed by atoms with van der Waals surface area (Å²) in [4.78, 5) is 4.01. The third kappa shape index (κ3) is 3.14. The van der Waals surface area contributed by atoms with E-state index in [0.717, 1.165) is 10.6 Å². The van der Waals surface area contributed by atoms with Gasteiger partial charge in [0.05, 0.1) is 14.2 Å². The number of benzene rings is 2. The molecule has 1 aromatic carbocycles. The average molecular weight is 350 g/mol. The molecule has 1 aromatic heterocycles. The molecule has 0 amide bonds. The molecule has 0 saturated carbocycles. The summed E-state index contributed by atoms with van der Waals surface area (Å²) in [6.07, 6.45) is 1.49. The van der Waals surface area contributed by atoms with E-state index < -0.39 is 0 Å². The molecule has 0 aliphatic heterocycles. The number of nitrogens with zero attached hydrogens (tertiary/aromatic N) is 1. The second-order valence-corrected chi connectivity index (χ2v) is 5.48. The third-order valence-electron chi connectivity index (χ3n) is 3.44. The number of hydrogen-bond acceptors (Lipinski definition) is 4. The molecule has 4 rings (SSSR count). The Balaban J connectivity index is 0.000000183. The summed E-state index contributed by atoms with van der Waals surface area (Å²) in [6.45, 7) is 0. The number of halogens is 2. The highest BCUT2D eigenvalue weighted by Crippen LogP contribution is 2.32. The summed E-state index contributed by atoms with van der Waals surface area (Å²) in [5.41, 5.74) is 1.51. The van der Waals surface area contributed by atoms with Crippen molar-refractivity contribution >= 4 is 23.2 Å². The normalized spacial score (nSPS) is 10.6. The van der Waals surface area contributed by atoms with Crippen LogP contribution in [0, 0.1) is 10.4 Å². The van der Waals surface area contributed by atoms with Gasteiger partial charge in [-0.25, -0.2) is 0 Å². The van der Waals surface area contributed by atoms with Crippen LogP contribution >= 0.6 is 23.2 Å². The molecule has 6 heteroatoms. The van der Waals surface area contributed by atoms with Gasteiger partial charge in [0, 0.05) is 15.8 Å². The number of aromatic nitrogens is 1. The Morgan fingerprint density at radius 2 is 1.74 bits per heavy atom. The van der Waals surface area contributed by atoms with E-state index in [1.165, 1.54) is 16.7 Å². The molecule has 0 radical (unpaired) electrons. The van der Waals surface area contributed by atoms with Crippen LogP contribution in [0.4, 0.5) is 0 Å². The molecule has 0 atom stereocenters. The fraction of sp³-hybridized carbons (Fsp3) is 0.118. The van der Waals surface area contributed by atoms with Crippen LogP contribution < -0.4 is 9.47 Å². The van der Waals surface area contributed by atoms with Crippen LogP contribution in [0.5, 0.6) is 11.5 Å². The van der Waals surface area contributed by atoms with Crippen LogP contribution in [0.2, 0.25) is 10.4 Å². The highest BCUT2D eigenvalue weighted by Gasteiger charge is 2.09. The van der Waals surface area contributed by atoms with Gasteiger partial charge < -0.3 is 13.9 Å². The Labute approximate surface area is 142 Å². The summed E-state index contributed by atoms with van der Waals surface area (Å²) in [5, 5.41) is 3.58. The van der Waals surface area contributed by atoms with Crippen LogP contribution in [-0.2, 0) is 0 Å². The minimum Gasteiger partial charge on any atom is -0.493 e. The van der Waals surface area contributed by atoms with Crippen LogP contribution in [0.3, 0.4) is 0 Å². The molecular weight excluding hydrogens is 337 g/mol. The van der Waals surface area contributed by atoms with Gasteiger partial charge in [-0.3, -0.25) is 0 Å². The lowest BCUT2D eigenvalue weighted by Gasteiger charge is -2.07. The standard InChI is InChI=1S/C11H10ClNO3.C6H3Cl/c1-14-9-4-3-7(5-10(9)15-2)8-6-16-11(12)13-8;7-6-3-4-1-2-5(4)6/h3-6H,1-2H3;1-3H. The van der Waals surface area contributed by atoms with Gasteiger partial charge in [0.25, 0.3) is 5.35 Å². The van der Waals surface area contributed by atoms with Crippen LogP contribution in [-0.4, -0.2) is 19.2 Å². The molecule has 0 saturated heterocycles. The zero-order valence-electron chi connectivity index (χ0n) is 12.5. The lowest BCUT2D eigenvalue weighted by atomic mass is 10.1. The van der Waals surface area contributed by atoms with E-state index in [1.807, 2.05) is 24.3 Å². The van der Waals surface area contributed by atoms with Gasteiger partial charge in [0.2, 0.25) is 0 Å². The van der Waals surface area contributed by atoms with E-state index in [0.29, 0.717) is 17.2 Å². The smallest absolute Gasteiger partial charge is 0.292 e. The molecule has 2 aliphatic carbocycles. The van der Waals surface area contributed by atoms with Crippen LogP contribution in [0.1, 0.15) is 0 Å². The second-order valence-electron chi connectivity index (χ2n) is 4.75. The summed E-state index contributed by atoms with van der Waals surface area (Å²) in [7, 11) is 3.17. The Kier molecular flexibility index (Phi) is 4.46. The Bertz CT molecular complexity index is 937. The molecule has 0 spiro atoms. The van der Waals surface area contributed by atoms with Gasteiger partial charge in [-0.05, 0) is 41.1 Å². The van der Waals surface area contributed by atoms with Gasteiger partial charge in [0.1, 0.15) is 12.0 Å². The van der Waals surface area contributed by atoms with Crippen molar-refractivity contribution in [1.82, 2.24) is 4.98 Å². The highest BCUT2D eigenvalue weighted by atomic mass is 35.5. The predicted molar refractivity (Wildman–Crippen MR) is 89.2 cm³/mol. The average Bonchev–Trinajstić information content (AvgIpc) is 2.98. The minimum atomic E-state index is 0.116. The molecule has 0 N–H and O–H groups in total. The van der Waals surface area contributed by atoms with E-state index >= 15 is 0 Å². The first-order chi connectivity index (χ1) is 11.1. The lowest BCUT2D eigenvalue weighted by molar-refractivity contribution is 0.355. The minimum absolute atomic E-state index is 0.116. The Hall–Kier alpha value is -2.17. The maximum atomic E-state index is 5.61. The monoisotopic (exact) mass is 349 g/mol. The van der Waals surface area contributed by atoms with E-state index in [9.17, 15) is 0 Å². The van der Waals surface area contributed by atoms with Crippen molar-refractivity contribution in [3.05, 3.63) is 63.5 Å². The van der Waals surface area contributed by atoms with Crippen molar-refractivity contribution < 1.29 is 13.9 Å². The summed E-state index contributed by atoms with van der Waals surface area (Å²) < 4.78 is 15.3. The Morgan fingerprint density at radius 3 is 2.13 bits per heavy atom. The quantitative estimate of drug-likeness (QED) is 0.524. The summed E-state index contributed by atoms with van der Waals surface area (Å²) in [6, 6.07) is 11.5. The number of ether oxygens (including phenoxy) is 2. The van der Waals surface area contributed by atoms with Gasteiger partial charge >= 0.3 is 0 Å². The largest absolute Gasteiger partial charge is 0.493 e. The van der Waals surface area contributed by atoms with E-state index in [2.05, 4.69) is 11.1 Å². The first-order valence-corrected chi connectivity index (χ1v) is 7.51. The molecule has 0 bridgehead atoms. The fourth-order valence-electron chi connectivity index (χ4n) is 2.12. The molecule has 1 heterocycles. The van der Waals surface area contributed by atoms with Crippen molar-refractivity contribution in [1.29, 1.82) is 0 Å². The van der Waals surface area contributed by atoms with Crippen molar-refractivity contribution in [2.75, 3.05) is 14.2 Å².